The Kier molecular flexibility index (Phi) is 5.71. The molecule has 0 saturated carbocycles. The minimum absolute atomic E-state index is 0.251. The average Bonchev–Trinajstić information content (AvgIpc) is 2.15. The van der Waals surface area contributed by atoms with E-state index in [0.717, 1.165) is 23.5 Å². The van der Waals surface area contributed by atoms with Gasteiger partial charge in [0.15, 0.2) is 0 Å². The van der Waals surface area contributed by atoms with E-state index in [-0.39, 0.29) is 6.61 Å². The minimum atomic E-state index is 0.251. The number of aliphatic hydroxyl groups is 1. The quantitative estimate of drug-likeness (QED) is 0.807. The van der Waals surface area contributed by atoms with Gasteiger partial charge < -0.3 is 5.11 Å². The molecule has 1 aromatic carbocycles. The van der Waals surface area contributed by atoms with Crippen LogP contribution >= 0.6 is 35.0 Å². The van der Waals surface area contributed by atoms with E-state index in [1.807, 2.05) is 12.1 Å². The van der Waals surface area contributed by atoms with Crippen LogP contribution < -0.4 is 0 Å². The normalized spacial score (nSPS) is 10.5. The maximum atomic E-state index is 8.60. The van der Waals surface area contributed by atoms with E-state index >= 15 is 0 Å². The molecule has 1 rings (SSSR count). The minimum Gasteiger partial charge on any atom is -0.396 e. The topological polar surface area (TPSA) is 20.2 Å². The average molecular weight is 251 g/mol. The number of rotatable bonds is 5. The Bertz CT molecular complexity index is 291. The molecule has 0 fully saturated rings. The van der Waals surface area contributed by atoms with Crippen LogP contribution in [0.2, 0.25) is 10.0 Å². The fourth-order valence-corrected chi connectivity index (χ4v) is 2.49. The van der Waals surface area contributed by atoms with Crippen LogP contribution in [0, 0.1) is 0 Å². The van der Waals surface area contributed by atoms with E-state index in [1.54, 1.807) is 17.8 Å². The van der Waals surface area contributed by atoms with E-state index < -0.39 is 0 Å². The van der Waals surface area contributed by atoms with Gasteiger partial charge in [-0.05, 0) is 29.9 Å². The second-order valence-corrected chi connectivity index (χ2v) is 4.81. The van der Waals surface area contributed by atoms with Crippen molar-refractivity contribution in [1.82, 2.24) is 0 Å². The van der Waals surface area contributed by atoms with Gasteiger partial charge in [-0.15, -0.1) is 0 Å². The van der Waals surface area contributed by atoms with Gasteiger partial charge in [0.05, 0.1) is 0 Å². The molecule has 1 nitrogen and oxygen atoms in total. The van der Waals surface area contributed by atoms with Gasteiger partial charge in [0.2, 0.25) is 0 Å². The maximum Gasteiger partial charge on any atom is 0.0461 e. The summed E-state index contributed by atoms with van der Waals surface area (Å²) in [5.74, 6) is 1.82. The summed E-state index contributed by atoms with van der Waals surface area (Å²) in [6.45, 7) is 0.251. The molecule has 0 amide bonds. The molecule has 0 aliphatic rings. The van der Waals surface area contributed by atoms with Crippen molar-refractivity contribution < 1.29 is 5.11 Å². The van der Waals surface area contributed by atoms with Crippen molar-refractivity contribution in [1.29, 1.82) is 0 Å². The van der Waals surface area contributed by atoms with Crippen molar-refractivity contribution in [3.8, 4) is 0 Å². The third-order valence-electron chi connectivity index (χ3n) is 1.72. The fraction of sp³-hybridized carbons (Fsp3) is 0.400. The van der Waals surface area contributed by atoms with Crippen molar-refractivity contribution in [2.24, 2.45) is 0 Å². The smallest absolute Gasteiger partial charge is 0.0461 e. The highest BCUT2D eigenvalue weighted by atomic mass is 35.5. The summed E-state index contributed by atoms with van der Waals surface area (Å²) in [4.78, 5) is 0. The molecule has 0 spiro atoms. The fourth-order valence-electron chi connectivity index (χ4n) is 0.987. The highest BCUT2D eigenvalue weighted by Gasteiger charge is 2.00. The number of hydrogen-bond acceptors (Lipinski definition) is 2. The first-order chi connectivity index (χ1) is 6.74. The number of benzene rings is 1. The van der Waals surface area contributed by atoms with Crippen molar-refractivity contribution in [3.05, 3.63) is 33.8 Å². The van der Waals surface area contributed by atoms with Gasteiger partial charge in [-0.1, -0.05) is 29.3 Å². The maximum absolute atomic E-state index is 8.60. The highest BCUT2D eigenvalue weighted by molar-refractivity contribution is 7.98. The van der Waals surface area contributed by atoms with Crippen LogP contribution in [-0.2, 0) is 5.75 Å². The summed E-state index contributed by atoms with van der Waals surface area (Å²) < 4.78 is 0. The molecule has 0 saturated heterocycles. The summed E-state index contributed by atoms with van der Waals surface area (Å²) in [6, 6.07) is 5.54. The molecule has 0 unspecified atom stereocenters. The second kappa shape index (κ2) is 6.57. The lowest BCUT2D eigenvalue weighted by Crippen LogP contribution is -1.88. The summed E-state index contributed by atoms with van der Waals surface area (Å²) in [6.07, 6.45) is 0.829. The first kappa shape index (κ1) is 12.2. The predicted molar refractivity (Wildman–Crippen MR) is 64.3 cm³/mol. The van der Waals surface area contributed by atoms with Crippen LogP contribution in [0.1, 0.15) is 12.0 Å². The Morgan fingerprint density at radius 3 is 2.71 bits per heavy atom. The largest absolute Gasteiger partial charge is 0.396 e. The van der Waals surface area contributed by atoms with Crippen molar-refractivity contribution in [2.45, 2.75) is 12.2 Å². The molecule has 0 aliphatic carbocycles. The monoisotopic (exact) mass is 250 g/mol. The standard InChI is InChI=1S/C10H12Cl2OS/c11-9-3-2-8(10(12)6-9)7-14-5-1-4-13/h2-3,6,13H,1,4-5,7H2. The first-order valence-electron chi connectivity index (χ1n) is 4.36. The molecule has 4 heteroatoms. The molecule has 78 valence electrons. The summed E-state index contributed by atoms with van der Waals surface area (Å²) in [5, 5.41) is 9.98. The number of thioether (sulfide) groups is 1. The third kappa shape index (κ3) is 4.09. The summed E-state index contributed by atoms with van der Waals surface area (Å²) in [7, 11) is 0. The van der Waals surface area contributed by atoms with Crippen LogP contribution in [0.15, 0.2) is 18.2 Å². The van der Waals surface area contributed by atoms with Gasteiger partial charge in [-0.25, -0.2) is 0 Å². The van der Waals surface area contributed by atoms with Crippen LogP contribution in [0.4, 0.5) is 0 Å². The third-order valence-corrected chi connectivity index (χ3v) is 3.40. The zero-order valence-electron chi connectivity index (χ0n) is 7.67. The highest BCUT2D eigenvalue weighted by Crippen LogP contribution is 2.24. The second-order valence-electron chi connectivity index (χ2n) is 2.87. The number of halogens is 2. The van der Waals surface area contributed by atoms with Gasteiger partial charge in [0, 0.05) is 22.4 Å². The molecule has 1 aromatic rings. The van der Waals surface area contributed by atoms with E-state index in [9.17, 15) is 0 Å². The van der Waals surface area contributed by atoms with Crippen LogP contribution in [0.5, 0.6) is 0 Å². The molecule has 0 aromatic heterocycles. The van der Waals surface area contributed by atoms with Gasteiger partial charge in [-0.3, -0.25) is 0 Å². The lowest BCUT2D eigenvalue weighted by atomic mass is 10.2. The lowest BCUT2D eigenvalue weighted by Gasteiger charge is -2.03. The van der Waals surface area contributed by atoms with Crippen molar-refractivity contribution in [3.63, 3.8) is 0 Å². The Morgan fingerprint density at radius 2 is 2.07 bits per heavy atom. The lowest BCUT2D eigenvalue weighted by molar-refractivity contribution is 0.296. The molecule has 0 atom stereocenters. The zero-order chi connectivity index (χ0) is 10.4. The van der Waals surface area contributed by atoms with E-state index in [1.165, 1.54) is 0 Å². The number of aliphatic hydroxyl groups excluding tert-OH is 1. The van der Waals surface area contributed by atoms with Crippen LogP contribution in [0.3, 0.4) is 0 Å². The molecule has 0 bridgehead atoms. The molecule has 0 radical (unpaired) electrons. The first-order valence-corrected chi connectivity index (χ1v) is 6.27. The molecule has 0 heterocycles. The zero-order valence-corrected chi connectivity index (χ0v) is 10.0. The molecular formula is C10H12Cl2OS. The molecule has 0 aliphatic heterocycles. The van der Waals surface area contributed by atoms with Crippen LogP contribution in [-0.4, -0.2) is 17.5 Å². The van der Waals surface area contributed by atoms with Crippen molar-refractivity contribution >= 4 is 35.0 Å². The Balaban J connectivity index is 2.42. The van der Waals surface area contributed by atoms with Gasteiger partial charge in [0.1, 0.15) is 0 Å². The van der Waals surface area contributed by atoms with Gasteiger partial charge >= 0.3 is 0 Å². The molecule has 14 heavy (non-hydrogen) atoms. The predicted octanol–water partition coefficient (Wildman–Crippen LogP) is 3.61. The van der Waals surface area contributed by atoms with Crippen LogP contribution in [0.25, 0.3) is 0 Å². The molecular weight excluding hydrogens is 239 g/mol. The molecule has 1 N–H and O–H groups in total. The van der Waals surface area contributed by atoms with E-state index in [2.05, 4.69) is 0 Å². The summed E-state index contributed by atoms with van der Waals surface area (Å²) in [5.41, 5.74) is 1.10. The SMILES string of the molecule is OCCCSCc1ccc(Cl)cc1Cl. The summed E-state index contributed by atoms with van der Waals surface area (Å²) >= 11 is 13.5. The van der Waals surface area contributed by atoms with E-state index in [4.69, 9.17) is 28.3 Å². The van der Waals surface area contributed by atoms with Gasteiger partial charge in [0.25, 0.3) is 0 Å². The Labute approximate surface area is 98.4 Å². The Morgan fingerprint density at radius 1 is 1.29 bits per heavy atom. The van der Waals surface area contributed by atoms with Gasteiger partial charge in [-0.2, -0.15) is 11.8 Å². The Hall–Kier alpha value is 0.110. The van der Waals surface area contributed by atoms with E-state index in [0.29, 0.717) is 10.0 Å². The van der Waals surface area contributed by atoms with Crippen molar-refractivity contribution in [2.75, 3.05) is 12.4 Å². The number of hydrogen-bond donors (Lipinski definition) is 1.